The standard InChI is InChI=1S/C13H17FN2OS/c1-9-12(17)16(8-7-15-2)13(18-9)10-3-5-11(14)6-4-10/h3-6,9,13,15H,7-8H2,1-2H3/p+1/t9-,13-/m1/s1. The summed E-state index contributed by atoms with van der Waals surface area (Å²) in [5.74, 6) is -0.0641. The zero-order chi connectivity index (χ0) is 13.1. The molecule has 1 amide bonds. The largest absolute Gasteiger partial charge is 0.347 e. The van der Waals surface area contributed by atoms with Crippen LogP contribution in [0.1, 0.15) is 17.9 Å². The minimum Gasteiger partial charge on any atom is -0.347 e. The van der Waals surface area contributed by atoms with E-state index < -0.39 is 0 Å². The van der Waals surface area contributed by atoms with Crippen molar-refractivity contribution in [3.8, 4) is 0 Å². The molecule has 0 spiro atoms. The molecule has 2 rings (SSSR count). The Morgan fingerprint density at radius 2 is 2.06 bits per heavy atom. The Morgan fingerprint density at radius 1 is 1.39 bits per heavy atom. The third kappa shape index (κ3) is 2.67. The highest BCUT2D eigenvalue weighted by Gasteiger charge is 2.38. The van der Waals surface area contributed by atoms with Crippen LogP contribution in [0.4, 0.5) is 4.39 Å². The van der Waals surface area contributed by atoms with Gasteiger partial charge in [-0.3, -0.25) is 4.79 Å². The van der Waals surface area contributed by atoms with Gasteiger partial charge in [0, 0.05) is 0 Å². The van der Waals surface area contributed by atoms with Gasteiger partial charge in [-0.1, -0.05) is 12.1 Å². The van der Waals surface area contributed by atoms with E-state index in [0.717, 1.165) is 18.7 Å². The summed E-state index contributed by atoms with van der Waals surface area (Å²) in [4.78, 5) is 14.0. The van der Waals surface area contributed by atoms with Crippen molar-refractivity contribution in [2.45, 2.75) is 17.5 Å². The molecule has 0 saturated carbocycles. The van der Waals surface area contributed by atoms with Crippen molar-refractivity contribution in [1.29, 1.82) is 0 Å². The van der Waals surface area contributed by atoms with E-state index in [-0.39, 0.29) is 22.3 Å². The van der Waals surface area contributed by atoms with Gasteiger partial charge in [-0.2, -0.15) is 0 Å². The SMILES string of the molecule is C[NH2+]CCN1C(=O)[C@@H](C)S[C@@H]1c1ccc(F)cc1. The molecule has 0 unspecified atom stereocenters. The molecule has 5 heteroatoms. The molecule has 1 heterocycles. The molecule has 0 aromatic heterocycles. The molecule has 1 aromatic rings. The van der Waals surface area contributed by atoms with Crippen LogP contribution in [0.5, 0.6) is 0 Å². The summed E-state index contributed by atoms with van der Waals surface area (Å²) in [6, 6.07) is 6.43. The summed E-state index contributed by atoms with van der Waals surface area (Å²) in [5, 5.41) is 2.06. The van der Waals surface area contributed by atoms with Crippen LogP contribution in [0.25, 0.3) is 0 Å². The van der Waals surface area contributed by atoms with Crippen molar-refractivity contribution in [2.75, 3.05) is 20.1 Å². The number of nitrogens with zero attached hydrogens (tertiary/aromatic N) is 1. The Labute approximate surface area is 111 Å². The van der Waals surface area contributed by atoms with Crippen LogP contribution in [-0.4, -0.2) is 36.2 Å². The number of likely N-dealkylation sites (N-methyl/N-ethyl adjacent to an activating group) is 1. The smallest absolute Gasteiger partial charge is 0.236 e. The molecule has 2 N–H and O–H groups in total. The second-order valence-electron chi connectivity index (χ2n) is 4.41. The minimum atomic E-state index is -0.241. The molecule has 1 saturated heterocycles. The predicted octanol–water partition coefficient (Wildman–Crippen LogP) is 0.981. The fourth-order valence-corrected chi connectivity index (χ4v) is 3.36. The number of thioether (sulfide) groups is 1. The highest BCUT2D eigenvalue weighted by atomic mass is 32.2. The van der Waals surface area contributed by atoms with E-state index in [4.69, 9.17) is 0 Å². The molecule has 1 fully saturated rings. The first-order valence-corrected chi connectivity index (χ1v) is 7.07. The molecule has 1 aromatic carbocycles. The highest BCUT2D eigenvalue weighted by molar-refractivity contribution is 8.01. The van der Waals surface area contributed by atoms with E-state index in [9.17, 15) is 9.18 Å². The summed E-state index contributed by atoms with van der Waals surface area (Å²) in [6.45, 7) is 3.55. The number of nitrogens with two attached hydrogens (primary N) is 1. The number of hydrogen-bond donors (Lipinski definition) is 1. The van der Waals surface area contributed by atoms with Crippen LogP contribution >= 0.6 is 11.8 Å². The predicted molar refractivity (Wildman–Crippen MR) is 70.6 cm³/mol. The molecule has 0 radical (unpaired) electrons. The maximum Gasteiger partial charge on any atom is 0.236 e. The number of carbonyl (C=O) groups is 1. The number of amides is 1. The van der Waals surface area contributed by atoms with Gasteiger partial charge in [-0.05, 0) is 24.6 Å². The molecule has 3 nitrogen and oxygen atoms in total. The van der Waals surface area contributed by atoms with Gasteiger partial charge in [-0.25, -0.2) is 4.39 Å². The van der Waals surface area contributed by atoms with E-state index in [0.29, 0.717) is 0 Å². The molecular weight excluding hydrogens is 251 g/mol. The Bertz CT molecular complexity index is 424. The van der Waals surface area contributed by atoms with Crippen molar-refractivity contribution >= 4 is 17.7 Å². The minimum absolute atomic E-state index is 0.0168. The zero-order valence-electron chi connectivity index (χ0n) is 10.6. The lowest BCUT2D eigenvalue weighted by molar-refractivity contribution is -0.626. The molecule has 1 aliphatic heterocycles. The Balaban J connectivity index is 2.19. The quantitative estimate of drug-likeness (QED) is 0.885. The zero-order valence-corrected chi connectivity index (χ0v) is 11.4. The van der Waals surface area contributed by atoms with Crippen LogP contribution in [0.15, 0.2) is 24.3 Å². The first kappa shape index (κ1) is 13.4. The van der Waals surface area contributed by atoms with Crippen molar-refractivity contribution < 1.29 is 14.5 Å². The van der Waals surface area contributed by atoms with E-state index in [1.54, 1.807) is 23.9 Å². The molecular formula is C13H18FN2OS+. The summed E-state index contributed by atoms with van der Waals surface area (Å²) in [6.07, 6.45) is 0. The molecule has 98 valence electrons. The van der Waals surface area contributed by atoms with E-state index >= 15 is 0 Å². The molecule has 18 heavy (non-hydrogen) atoms. The Kier molecular flexibility index (Phi) is 4.24. The molecule has 2 atom stereocenters. The monoisotopic (exact) mass is 269 g/mol. The van der Waals surface area contributed by atoms with Gasteiger partial charge in [0.05, 0.1) is 25.4 Å². The van der Waals surface area contributed by atoms with E-state index in [1.807, 2.05) is 18.9 Å². The molecule has 0 bridgehead atoms. The average Bonchev–Trinajstić information content (AvgIpc) is 2.64. The van der Waals surface area contributed by atoms with Gasteiger partial charge in [-0.15, -0.1) is 11.8 Å². The third-order valence-corrected chi connectivity index (χ3v) is 4.46. The number of halogens is 1. The van der Waals surface area contributed by atoms with Gasteiger partial charge in [0.1, 0.15) is 11.2 Å². The lowest BCUT2D eigenvalue weighted by Gasteiger charge is -2.23. The normalized spacial score (nSPS) is 23.7. The van der Waals surface area contributed by atoms with Crippen molar-refractivity contribution in [1.82, 2.24) is 4.90 Å². The van der Waals surface area contributed by atoms with Crippen molar-refractivity contribution in [3.05, 3.63) is 35.6 Å². The van der Waals surface area contributed by atoms with Crippen molar-refractivity contribution in [2.24, 2.45) is 0 Å². The Hall–Kier alpha value is -1.07. The van der Waals surface area contributed by atoms with Crippen LogP contribution < -0.4 is 5.32 Å². The van der Waals surface area contributed by atoms with Crippen LogP contribution in [-0.2, 0) is 4.79 Å². The first-order valence-electron chi connectivity index (χ1n) is 6.12. The third-order valence-electron chi connectivity index (χ3n) is 3.06. The second kappa shape index (κ2) is 5.71. The first-order chi connectivity index (χ1) is 8.63. The number of quaternary nitrogens is 1. The molecule has 1 aliphatic rings. The number of hydrogen-bond acceptors (Lipinski definition) is 2. The van der Waals surface area contributed by atoms with E-state index in [1.165, 1.54) is 12.1 Å². The lowest BCUT2D eigenvalue weighted by Crippen LogP contribution is -2.81. The topological polar surface area (TPSA) is 36.9 Å². The second-order valence-corrected chi connectivity index (χ2v) is 5.84. The van der Waals surface area contributed by atoms with Crippen LogP contribution in [0.3, 0.4) is 0 Å². The van der Waals surface area contributed by atoms with Gasteiger partial charge in [0.2, 0.25) is 5.91 Å². The maximum atomic E-state index is 12.9. The molecule has 0 aliphatic carbocycles. The number of rotatable bonds is 4. The lowest BCUT2D eigenvalue weighted by atomic mass is 10.2. The number of benzene rings is 1. The summed E-state index contributed by atoms with van der Waals surface area (Å²) >= 11 is 1.63. The van der Waals surface area contributed by atoms with E-state index in [2.05, 4.69) is 5.32 Å². The van der Waals surface area contributed by atoms with Crippen LogP contribution in [0.2, 0.25) is 0 Å². The summed E-state index contributed by atoms with van der Waals surface area (Å²) in [5.41, 5.74) is 0.996. The highest BCUT2D eigenvalue weighted by Crippen LogP contribution is 2.42. The van der Waals surface area contributed by atoms with Gasteiger partial charge < -0.3 is 10.2 Å². The number of carbonyl (C=O) groups excluding carboxylic acids is 1. The summed E-state index contributed by atoms with van der Waals surface area (Å²) < 4.78 is 12.9. The van der Waals surface area contributed by atoms with Gasteiger partial charge >= 0.3 is 0 Å². The van der Waals surface area contributed by atoms with Gasteiger partial charge in [0.25, 0.3) is 0 Å². The Morgan fingerprint density at radius 3 is 2.67 bits per heavy atom. The fraction of sp³-hybridized carbons (Fsp3) is 0.462. The van der Waals surface area contributed by atoms with Crippen LogP contribution in [0, 0.1) is 5.82 Å². The van der Waals surface area contributed by atoms with Gasteiger partial charge in [0.15, 0.2) is 0 Å². The fourth-order valence-electron chi connectivity index (χ4n) is 2.06. The van der Waals surface area contributed by atoms with Crippen molar-refractivity contribution in [3.63, 3.8) is 0 Å². The average molecular weight is 269 g/mol. The summed E-state index contributed by atoms with van der Waals surface area (Å²) in [7, 11) is 1.99. The maximum absolute atomic E-state index is 12.9.